The Morgan fingerprint density at radius 3 is 2.65 bits per heavy atom. The molecule has 0 bridgehead atoms. The number of ketones is 1. The number of carbonyl (C=O) groups excluding carboxylic acids is 1. The molecule has 2 N–H and O–H groups in total. The van der Waals surface area contributed by atoms with Crippen LogP contribution in [-0.4, -0.2) is 42.1 Å². The van der Waals surface area contributed by atoms with Gasteiger partial charge in [-0.25, -0.2) is 9.37 Å². The summed E-state index contributed by atoms with van der Waals surface area (Å²) in [5, 5.41) is 17.2. The maximum atomic E-state index is 13.1. The van der Waals surface area contributed by atoms with E-state index in [9.17, 15) is 19.1 Å². The number of nitrogens with one attached hydrogen (secondary N) is 1. The van der Waals surface area contributed by atoms with Crippen LogP contribution in [-0.2, 0) is 25.0 Å². The second-order valence-electron chi connectivity index (χ2n) is 8.23. The number of fused-ring (bicyclic) bond motifs is 1. The summed E-state index contributed by atoms with van der Waals surface area (Å²) in [4.78, 5) is 32.3. The number of Topliss-reactive ketones (excluding diaryl/α,β-unsaturated/α-hetero) is 1. The van der Waals surface area contributed by atoms with Crippen molar-refractivity contribution in [2.75, 3.05) is 6.54 Å². The molecule has 0 unspecified atom stereocenters. The minimum absolute atomic E-state index is 0.0498. The second kappa shape index (κ2) is 8.07. The first-order chi connectivity index (χ1) is 14.8. The van der Waals surface area contributed by atoms with Crippen LogP contribution in [0, 0.1) is 5.82 Å². The Labute approximate surface area is 178 Å². The van der Waals surface area contributed by atoms with Gasteiger partial charge in [-0.1, -0.05) is 12.1 Å². The van der Waals surface area contributed by atoms with Gasteiger partial charge >= 0.3 is 0 Å². The highest BCUT2D eigenvalue weighted by molar-refractivity contribution is 5.96. The summed E-state index contributed by atoms with van der Waals surface area (Å²) in [6.07, 6.45) is 3.96. The maximum absolute atomic E-state index is 13.1. The summed E-state index contributed by atoms with van der Waals surface area (Å²) in [5.74, 6) is -0.952. The third-order valence-electron chi connectivity index (χ3n) is 5.82. The lowest BCUT2D eigenvalue weighted by atomic mass is 9.97. The number of rotatable bonds is 6. The quantitative estimate of drug-likeness (QED) is 0.588. The van der Waals surface area contributed by atoms with Crippen LogP contribution in [0.2, 0.25) is 0 Å². The molecular formula is C22H24FN5O3. The predicted octanol–water partition coefficient (Wildman–Crippen LogP) is 2.38. The molecule has 0 atom stereocenters. The number of halogens is 1. The van der Waals surface area contributed by atoms with E-state index in [1.54, 1.807) is 18.3 Å². The summed E-state index contributed by atoms with van der Waals surface area (Å²) < 4.78 is 14.5. The normalized spacial score (nSPS) is 15.6. The molecule has 0 fully saturated rings. The Bertz CT molecular complexity index is 1150. The van der Waals surface area contributed by atoms with Gasteiger partial charge in [-0.05, 0) is 38.0 Å². The van der Waals surface area contributed by atoms with Gasteiger partial charge in [0.05, 0.1) is 11.7 Å². The topological polar surface area (TPSA) is 104 Å². The molecule has 0 spiro atoms. The van der Waals surface area contributed by atoms with E-state index in [-0.39, 0.29) is 17.9 Å². The van der Waals surface area contributed by atoms with Gasteiger partial charge in [0, 0.05) is 37.8 Å². The summed E-state index contributed by atoms with van der Waals surface area (Å²) in [7, 11) is 0. The van der Waals surface area contributed by atoms with E-state index in [0.717, 1.165) is 11.1 Å². The molecule has 4 rings (SSSR count). The number of carbonyl (C=O) groups is 1. The molecule has 0 aliphatic carbocycles. The first-order valence-electron chi connectivity index (χ1n) is 10.1. The molecule has 2 aromatic heterocycles. The number of nitrogens with zero attached hydrogens (tertiary/aromatic N) is 4. The molecule has 0 saturated heterocycles. The van der Waals surface area contributed by atoms with Crippen molar-refractivity contribution >= 4 is 5.78 Å². The number of hydrogen-bond acceptors (Lipinski definition) is 6. The van der Waals surface area contributed by atoms with E-state index in [1.807, 2.05) is 20.0 Å². The molecule has 1 aromatic carbocycles. The number of aryl methyl sites for hydroxylation is 1. The Hall–Kier alpha value is -3.33. The minimum atomic E-state index is -0.644. The van der Waals surface area contributed by atoms with Gasteiger partial charge < -0.3 is 5.11 Å². The fraction of sp³-hybridized carbons (Fsp3) is 0.364. The average molecular weight is 425 g/mol. The first kappa shape index (κ1) is 20.9. The number of aromatic amines is 1. The highest BCUT2D eigenvalue weighted by atomic mass is 19.1. The van der Waals surface area contributed by atoms with Gasteiger partial charge in [-0.15, -0.1) is 0 Å². The third-order valence-corrected chi connectivity index (χ3v) is 5.82. The van der Waals surface area contributed by atoms with Crippen LogP contribution in [0.25, 0.3) is 0 Å². The second-order valence-corrected chi connectivity index (χ2v) is 8.23. The fourth-order valence-corrected chi connectivity index (χ4v) is 3.94. The minimum Gasteiger partial charge on any atom is -0.501 e. The smallest absolute Gasteiger partial charge is 0.296 e. The summed E-state index contributed by atoms with van der Waals surface area (Å²) in [6.45, 7) is 5.43. The highest BCUT2D eigenvalue weighted by Gasteiger charge is 2.38. The molecule has 3 aromatic rings. The monoisotopic (exact) mass is 425 g/mol. The number of benzene rings is 1. The zero-order chi connectivity index (χ0) is 22.2. The van der Waals surface area contributed by atoms with Crippen LogP contribution in [0.15, 0.2) is 41.5 Å². The molecule has 1 aliphatic heterocycles. The molecule has 0 amide bonds. The standard InChI is InChI=1S/C22H24FN5O3/c1-22(2)21-26-18(17(29)8-5-14-3-6-16(23)7-4-14)19(30)20(31)28(21)10-9-27(22)13-15-11-24-25-12-15/h3-4,6-7,11-12,30H,5,8-10,13H2,1-2H3,(H,24,25). The lowest BCUT2D eigenvalue weighted by molar-refractivity contribution is 0.0651. The van der Waals surface area contributed by atoms with E-state index in [4.69, 9.17) is 0 Å². The predicted molar refractivity (Wildman–Crippen MR) is 111 cm³/mol. The lowest BCUT2D eigenvalue weighted by Crippen LogP contribution is -2.52. The van der Waals surface area contributed by atoms with Gasteiger partial charge in [-0.2, -0.15) is 5.10 Å². The molecule has 9 heteroatoms. The first-order valence-corrected chi connectivity index (χ1v) is 10.1. The van der Waals surface area contributed by atoms with Crippen molar-refractivity contribution in [2.45, 2.75) is 45.3 Å². The summed E-state index contributed by atoms with van der Waals surface area (Å²) >= 11 is 0. The van der Waals surface area contributed by atoms with Crippen LogP contribution in [0.5, 0.6) is 5.75 Å². The average Bonchev–Trinajstić information content (AvgIpc) is 3.25. The van der Waals surface area contributed by atoms with E-state index in [1.165, 1.54) is 16.7 Å². The molecule has 1 aliphatic rings. The van der Waals surface area contributed by atoms with Crippen molar-refractivity contribution in [3.8, 4) is 5.75 Å². The third kappa shape index (κ3) is 4.00. The molecule has 8 nitrogen and oxygen atoms in total. The van der Waals surface area contributed by atoms with E-state index in [2.05, 4.69) is 20.1 Å². The Morgan fingerprint density at radius 1 is 1.23 bits per heavy atom. The van der Waals surface area contributed by atoms with Gasteiger partial charge in [0.2, 0.25) is 5.75 Å². The van der Waals surface area contributed by atoms with Crippen molar-refractivity contribution in [1.29, 1.82) is 0 Å². The van der Waals surface area contributed by atoms with Crippen LogP contribution in [0.1, 0.15) is 47.7 Å². The Kier molecular flexibility index (Phi) is 5.45. The van der Waals surface area contributed by atoms with Crippen molar-refractivity contribution < 1.29 is 14.3 Å². The largest absolute Gasteiger partial charge is 0.501 e. The van der Waals surface area contributed by atoms with Gasteiger partial charge in [0.25, 0.3) is 5.56 Å². The Balaban J connectivity index is 1.62. The lowest BCUT2D eigenvalue weighted by Gasteiger charge is -2.43. The zero-order valence-corrected chi connectivity index (χ0v) is 17.4. The molecule has 3 heterocycles. The molecule has 162 valence electrons. The fourth-order valence-electron chi connectivity index (χ4n) is 3.94. The van der Waals surface area contributed by atoms with E-state index in [0.29, 0.717) is 31.9 Å². The number of hydrogen-bond donors (Lipinski definition) is 2. The van der Waals surface area contributed by atoms with Crippen LogP contribution in [0.4, 0.5) is 4.39 Å². The van der Waals surface area contributed by atoms with Crippen molar-refractivity contribution in [1.82, 2.24) is 24.6 Å². The Morgan fingerprint density at radius 2 is 1.97 bits per heavy atom. The van der Waals surface area contributed by atoms with Crippen molar-refractivity contribution in [3.05, 3.63) is 75.5 Å². The van der Waals surface area contributed by atoms with Crippen molar-refractivity contribution in [3.63, 3.8) is 0 Å². The van der Waals surface area contributed by atoms with Crippen molar-refractivity contribution in [2.24, 2.45) is 0 Å². The molecule has 0 radical (unpaired) electrons. The molecule has 31 heavy (non-hydrogen) atoms. The summed E-state index contributed by atoms with van der Waals surface area (Å²) in [6, 6.07) is 5.87. The maximum Gasteiger partial charge on any atom is 0.296 e. The van der Waals surface area contributed by atoms with Crippen LogP contribution in [0.3, 0.4) is 0 Å². The molecule has 0 saturated carbocycles. The highest BCUT2D eigenvalue weighted by Crippen LogP contribution is 2.32. The number of aromatic nitrogens is 4. The van der Waals surface area contributed by atoms with E-state index >= 15 is 0 Å². The molecular weight excluding hydrogens is 401 g/mol. The summed E-state index contributed by atoms with van der Waals surface area (Å²) in [5.41, 5.74) is 0.325. The van der Waals surface area contributed by atoms with E-state index < -0.39 is 22.6 Å². The number of aromatic hydroxyl groups is 1. The van der Waals surface area contributed by atoms with Gasteiger partial charge in [0.15, 0.2) is 11.5 Å². The van der Waals surface area contributed by atoms with Gasteiger partial charge in [0.1, 0.15) is 11.6 Å². The van der Waals surface area contributed by atoms with Crippen LogP contribution >= 0.6 is 0 Å². The van der Waals surface area contributed by atoms with Crippen LogP contribution < -0.4 is 5.56 Å². The number of H-pyrrole nitrogens is 1. The zero-order valence-electron chi connectivity index (χ0n) is 17.4. The SMILES string of the molecule is CC1(C)c2nc(C(=O)CCc3ccc(F)cc3)c(O)c(=O)n2CCN1Cc1cn[nH]c1. The van der Waals surface area contributed by atoms with Gasteiger partial charge in [-0.3, -0.25) is 24.2 Å².